The van der Waals surface area contributed by atoms with Crippen molar-refractivity contribution in [1.29, 1.82) is 0 Å². The number of carboxylic acid groups (broad SMARTS) is 1. The number of phenolic OH excluding ortho intramolecular Hbond substituents is 1. The van der Waals surface area contributed by atoms with Gasteiger partial charge in [0.05, 0.1) is 11.4 Å². The molecule has 2 aromatic carbocycles. The third-order valence-electron chi connectivity index (χ3n) is 5.34. The van der Waals surface area contributed by atoms with Gasteiger partial charge in [0.1, 0.15) is 5.75 Å². The van der Waals surface area contributed by atoms with Crippen molar-refractivity contribution >= 4 is 22.8 Å². The standard InChI is InChI=1S/C24H23F4NO5/c1-12-18(15(22(32)33)11-23(2,3)4)19-16(9-10-17(30)20(19)25)29(12)21(31)13-5-7-14(8-6-13)34-24(26,27)28/h5-10,15,30H,11H2,1-4H3,(H,32,33)/t15-/m0/s1. The van der Waals surface area contributed by atoms with Crippen molar-refractivity contribution in [3.8, 4) is 11.5 Å². The molecule has 2 N–H and O–H groups in total. The maximum Gasteiger partial charge on any atom is 0.573 e. The van der Waals surface area contributed by atoms with Crippen molar-refractivity contribution < 1.29 is 42.1 Å². The molecule has 0 fully saturated rings. The molecule has 0 bridgehead atoms. The van der Waals surface area contributed by atoms with Crippen molar-refractivity contribution in [1.82, 2.24) is 4.57 Å². The molecular formula is C24H23F4NO5. The SMILES string of the molecule is Cc1c([C@H](CC(C)(C)C)C(=O)O)c2c(F)c(O)ccc2n1C(=O)c1ccc(OC(F)(F)F)cc1. The minimum Gasteiger partial charge on any atom is -0.505 e. The van der Waals surface area contributed by atoms with Crippen LogP contribution in [0.4, 0.5) is 17.6 Å². The number of hydrogen-bond donors (Lipinski definition) is 2. The summed E-state index contributed by atoms with van der Waals surface area (Å²) in [5, 5.41) is 19.7. The number of aromatic hydroxyl groups is 1. The van der Waals surface area contributed by atoms with Crippen LogP contribution in [0.3, 0.4) is 0 Å². The highest BCUT2D eigenvalue weighted by Gasteiger charge is 2.34. The van der Waals surface area contributed by atoms with Gasteiger partial charge in [-0.1, -0.05) is 20.8 Å². The molecule has 0 amide bonds. The minimum absolute atomic E-state index is 0.0303. The first-order chi connectivity index (χ1) is 15.6. The largest absolute Gasteiger partial charge is 0.573 e. The maximum absolute atomic E-state index is 15.1. The first kappa shape index (κ1) is 25.1. The van der Waals surface area contributed by atoms with Crippen LogP contribution in [-0.2, 0) is 4.79 Å². The molecule has 10 heteroatoms. The van der Waals surface area contributed by atoms with Gasteiger partial charge in [-0.3, -0.25) is 14.2 Å². The highest BCUT2D eigenvalue weighted by molar-refractivity contribution is 6.05. The molecule has 6 nitrogen and oxygen atoms in total. The topological polar surface area (TPSA) is 88.8 Å². The third-order valence-corrected chi connectivity index (χ3v) is 5.34. The lowest BCUT2D eigenvalue weighted by molar-refractivity contribution is -0.274. The number of carbonyl (C=O) groups is 2. The van der Waals surface area contributed by atoms with Gasteiger partial charge in [0, 0.05) is 16.6 Å². The highest BCUT2D eigenvalue weighted by atomic mass is 19.4. The van der Waals surface area contributed by atoms with Gasteiger partial charge in [-0.15, -0.1) is 13.2 Å². The number of fused-ring (bicyclic) bond motifs is 1. The van der Waals surface area contributed by atoms with Crippen molar-refractivity contribution in [3.63, 3.8) is 0 Å². The second kappa shape index (κ2) is 8.66. The van der Waals surface area contributed by atoms with Gasteiger partial charge in [0.15, 0.2) is 11.6 Å². The van der Waals surface area contributed by atoms with Crippen LogP contribution in [0.25, 0.3) is 10.9 Å². The minimum atomic E-state index is -4.90. The van der Waals surface area contributed by atoms with Crippen LogP contribution < -0.4 is 4.74 Å². The molecule has 0 saturated carbocycles. The first-order valence-corrected chi connectivity index (χ1v) is 10.3. The predicted molar refractivity (Wildman–Crippen MR) is 116 cm³/mol. The molecule has 0 aliphatic carbocycles. The number of alkyl halides is 3. The summed E-state index contributed by atoms with van der Waals surface area (Å²) >= 11 is 0. The number of phenols is 1. The molecule has 0 radical (unpaired) electrons. The number of carboxylic acids is 1. The Bertz CT molecular complexity index is 1250. The fraction of sp³-hybridized carbons (Fsp3) is 0.333. The molecule has 1 atom stereocenters. The number of aromatic nitrogens is 1. The molecule has 182 valence electrons. The van der Waals surface area contributed by atoms with E-state index in [9.17, 15) is 33.0 Å². The van der Waals surface area contributed by atoms with E-state index in [0.29, 0.717) is 0 Å². The zero-order valence-corrected chi connectivity index (χ0v) is 18.8. The molecule has 1 heterocycles. The summed E-state index contributed by atoms with van der Waals surface area (Å²) in [5.41, 5.74) is -0.260. The van der Waals surface area contributed by atoms with Gasteiger partial charge in [-0.05, 0) is 60.7 Å². The number of hydrogen-bond acceptors (Lipinski definition) is 4. The van der Waals surface area contributed by atoms with Gasteiger partial charge in [0.25, 0.3) is 5.91 Å². The van der Waals surface area contributed by atoms with Crippen LogP contribution in [0, 0.1) is 18.2 Å². The average molecular weight is 481 g/mol. The summed E-state index contributed by atoms with van der Waals surface area (Å²) < 4.78 is 57.3. The van der Waals surface area contributed by atoms with E-state index in [4.69, 9.17) is 0 Å². The maximum atomic E-state index is 15.1. The van der Waals surface area contributed by atoms with Gasteiger partial charge >= 0.3 is 12.3 Å². The van der Waals surface area contributed by atoms with E-state index in [1.807, 2.05) is 20.8 Å². The molecule has 0 unspecified atom stereocenters. The lowest BCUT2D eigenvalue weighted by Gasteiger charge is -2.24. The first-order valence-electron chi connectivity index (χ1n) is 10.3. The van der Waals surface area contributed by atoms with Crippen LogP contribution in [0.2, 0.25) is 0 Å². The Balaban J connectivity index is 2.21. The summed E-state index contributed by atoms with van der Waals surface area (Å²) in [4.78, 5) is 25.5. The number of halogens is 4. The lowest BCUT2D eigenvalue weighted by Crippen LogP contribution is -2.21. The predicted octanol–water partition coefficient (Wildman–Crippen LogP) is 5.99. The monoisotopic (exact) mass is 481 g/mol. The van der Waals surface area contributed by atoms with E-state index < -0.39 is 46.9 Å². The van der Waals surface area contributed by atoms with E-state index in [-0.39, 0.29) is 34.1 Å². The average Bonchev–Trinajstić information content (AvgIpc) is 2.99. The molecule has 0 saturated heterocycles. The van der Waals surface area contributed by atoms with E-state index in [1.54, 1.807) is 0 Å². The number of ether oxygens (including phenoxy) is 1. The molecule has 1 aromatic heterocycles. The smallest absolute Gasteiger partial charge is 0.505 e. The molecule has 34 heavy (non-hydrogen) atoms. The number of rotatable bonds is 5. The summed E-state index contributed by atoms with van der Waals surface area (Å²) in [6.45, 7) is 6.92. The second-order valence-electron chi connectivity index (χ2n) is 9.16. The Hall–Kier alpha value is -3.56. The number of carbonyl (C=O) groups excluding carboxylic acids is 1. The summed E-state index contributed by atoms with van der Waals surface area (Å²) in [6.07, 6.45) is -4.78. The van der Waals surface area contributed by atoms with E-state index in [1.165, 1.54) is 13.0 Å². The summed E-state index contributed by atoms with van der Waals surface area (Å²) in [5.74, 6) is -5.40. The van der Waals surface area contributed by atoms with Gasteiger partial charge in [-0.2, -0.15) is 0 Å². The zero-order valence-electron chi connectivity index (χ0n) is 18.8. The highest BCUT2D eigenvalue weighted by Crippen LogP contribution is 2.41. The summed E-state index contributed by atoms with van der Waals surface area (Å²) in [6, 6.07) is 6.51. The fourth-order valence-electron chi connectivity index (χ4n) is 4.02. The van der Waals surface area contributed by atoms with Gasteiger partial charge < -0.3 is 14.9 Å². The van der Waals surface area contributed by atoms with Gasteiger partial charge in [-0.25, -0.2) is 4.39 Å². The second-order valence-corrected chi connectivity index (χ2v) is 9.16. The van der Waals surface area contributed by atoms with Crippen LogP contribution in [0.15, 0.2) is 36.4 Å². The molecule has 0 aliphatic rings. The number of benzene rings is 2. The Morgan fingerprint density at radius 3 is 2.15 bits per heavy atom. The zero-order chi connectivity index (χ0) is 25.6. The quantitative estimate of drug-likeness (QED) is 0.438. The van der Waals surface area contributed by atoms with Crippen molar-refractivity contribution in [2.24, 2.45) is 5.41 Å². The van der Waals surface area contributed by atoms with Crippen LogP contribution in [-0.4, -0.2) is 33.0 Å². The number of nitrogens with zero attached hydrogens (tertiary/aromatic N) is 1. The molecule has 3 rings (SSSR count). The van der Waals surface area contributed by atoms with Crippen molar-refractivity contribution in [2.45, 2.75) is 46.4 Å². The Morgan fingerprint density at radius 1 is 1.06 bits per heavy atom. The lowest BCUT2D eigenvalue weighted by atomic mass is 9.80. The van der Waals surface area contributed by atoms with E-state index in [2.05, 4.69) is 4.74 Å². The van der Waals surface area contributed by atoms with Crippen LogP contribution >= 0.6 is 0 Å². The van der Waals surface area contributed by atoms with Crippen molar-refractivity contribution in [3.05, 3.63) is 59.0 Å². The molecule has 0 aliphatic heterocycles. The van der Waals surface area contributed by atoms with Crippen LogP contribution in [0.5, 0.6) is 11.5 Å². The molecule has 0 spiro atoms. The van der Waals surface area contributed by atoms with E-state index in [0.717, 1.165) is 34.9 Å². The number of aliphatic carboxylic acids is 1. The van der Waals surface area contributed by atoms with E-state index >= 15 is 4.39 Å². The summed E-state index contributed by atoms with van der Waals surface area (Å²) in [7, 11) is 0. The Labute approximate surface area is 192 Å². The van der Waals surface area contributed by atoms with Crippen LogP contribution in [0.1, 0.15) is 54.7 Å². The third kappa shape index (κ3) is 5.00. The Morgan fingerprint density at radius 2 is 1.65 bits per heavy atom. The van der Waals surface area contributed by atoms with Crippen molar-refractivity contribution in [2.75, 3.05) is 0 Å². The van der Waals surface area contributed by atoms with Gasteiger partial charge in [0.2, 0.25) is 0 Å². The Kier molecular flexibility index (Phi) is 6.38. The normalized spacial score (nSPS) is 13.2. The fourth-order valence-corrected chi connectivity index (χ4v) is 4.02. The molecule has 3 aromatic rings. The molecular weight excluding hydrogens is 458 g/mol.